The molecule has 0 aliphatic carbocycles. The van der Waals surface area contributed by atoms with Gasteiger partial charge < -0.3 is 14.4 Å². The van der Waals surface area contributed by atoms with E-state index in [0.29, 0.717) is 18.2 Å². The van der Waals surface area contributed by atoms with Crippen molar-refractivity contribution in [2.24, 2.45) is 0 Å². The number of fused-ring (bicyclic) bond motifs is 3. The van der Waals surface area contributed by atoms with E-state index in [-0.39, 0.29) is 0 Å². The zero-order chi connectivity index (χ0) is 25.1. The minimum Gasteiger partial charge on any atom is -0.457 e. The zero-order valence-corrected chi connectivity index (χ0v) is 21.6. The van der Waals surface area contributed by atoms with Crippen LogP contribution in [-0.2, 0) is 16.0 Å². The predicted octanol–water partition coefficient (Wildman–Crippen LogP) is 4.33. The molecule has 3 aliphatic rings. The molecule has 0 spiro atoms. The Balaban J connectivity index is 0.000000489. The maximum Gasteiger partial charge on any atom is 0.403 e. The van der Waals surface area contributed by atoms with Crippen molar-refractivity contribution >= 4 is 33.9 Å². The number of rotatable bonds is 4. The molecule has 0 amide bonds. The standard InChI is InChI=1S/C24H30N6O.C2H3ClO2/c1-17-26-23(29-15-20-7-8-21(16-29)31-20)22-13-25-30(24(22)27-17)19-9-11-28(12-10-19)14-18-5-3-2-4-6-18;1-5-2(3)4/h2-6,13,19-21H,7-12,14-16H2,1H3;1H3. The molecule has 2 unspecified atom stereocenters. The van der Waals surface area contributed by atoms with Crippen LogP contribution in [0, 0.1) is 6.92 Å². The Morgan fingerprint density at radius 2 is 1.75 bits per heavy atom. The molecule has 3 fully saturated rings. The number of aryl methyl sites for hydroxylation is 1. The smallest absolute Gasteiger partial charge is 0.403 e. The summed E-state index contributed by atoms with van der Waals surface area (Å²) in [6.07, 6.45) is 7.19. The third-order valence-electron chi connectivity index (χ3n) is 7.20. The molecule has 3 aliphatic heterocycles. The van der Waals surface area contributed by atoms with E-state index in [9.17, 15) is 4.79 Å². The zero-order valence-electron chi connectivity index (χ0n) is 20.8. The summed E-state index contributed by atoms with van der Waals surface area (Å²) >= 11 is 4.60. The summed E-state index contributed by atoms with van der Waals surface area (Å²) in [4.78, 5) is 24.0. The van der Waals surface area contributed by atoms with Crippen molar-refractivity contribution in [1.82, 2.24) is 24.6 Å². The number of aromatic nitrogens is 4. The van der Waals surface area contributed by atoms with Crippen molar-refractivity contribution in [2.75, 3.05) is 38.2 Å². The molecule has 2 atom stereocenters. The second kappa shape index (κ2) is 11.1. The molecule has 9 nitrogen and oxygen atoms in total. The van der Waals surface area contributed by atoms with E-state index in [1.54, 1.807) is 0 Å². The highest BCUT2D eigenvalue weighted by Gasteiger charge is 2.35. The number of morpholine rings is 1. The van der Waals surface area contributed by atoms with Crippen molar-refractivity contribution in [1.29, 1.82) is 0 Å². The fraction of sp³-hybridized carbons (Fsp3) is 0.538. The molecule has 0 saturated carbocycles. The third-order valence-corrected chi connectivity index (χ3v) is 7.36. The first-order chi connectivity index (χ1) is 17.5. The first kappa shape index (κ1) is 24.9. The molecule has 0 N–H and O–H groups in total. The Labute approximate surface area is 216 Å². The van der Waals surface area contributed by atoms with Crippen LogP contribution in [0.25, 0.3) is 11.0 Å². The lowest BCUT2D eigenvalue weighted by atomic mass is 10.0. The normalized spacial score (nSPS) is 22.4. The van der Waals surface area contributed by atoms with Crippen LogP contribution >= 0.6 is 11.6 Å². The van der Waals surface area contributed by atoms with Crippen LogP contribution in [0.3, 0.4) is 0 Å². The van der Waals surface area contributed by atoms with Gasteiger partial charge in [-0.25, -0.2) is 19.4 Å². The van der Waals surface area contributed by atoms with Crippen LogP contribution in [0.1, 0.15) is 43.1 Å². The molecule has 0 radical (unpaired) electrons. The monoisotopic (exact) mass is 512 g/mol. The van der Waals surface area contributed by atoms with Gasteiger partial charge in [0, 0.05) is 44.3 Å². The lowest BCUT2D eigenvalue weighted by Gasteiger charge is -2.33. The van der Waals surface area contributed by atoms with Gasteiger partial charge in [0.25, 0.3) is 0 Å². The fourth-order valence-electron chi connectivity index (χ4n) is 5.48. The number of piperidine rings is 1. The molecule has 2 bridgehead atoms. The predicted molar refractivity (Wildman–Crippen MR) is 138 cm³/mol. The van der Waals surface area contributed by atoms with E-state index in [1.165, 1.54) is 12.7 Å². The first-order valence-electron chi connectivity index (χ1n) is 12.6. The number of nitrogens with zero attached hydrogens (tertiary/aromatic N) is 6. The number of benzene rings is 1. The number of carbonyl (C=O) groups excluding carboxylic acids is 1. The van der Waals surface area contributed by atoms with Gasteiger partial charge in [0.15, 0.2) is 5.65 Å². The van der Waals surface area contributed by atoms with E-state index in [2.05, 4.69) is 61.2 Å². The van der Waals surface area contributed by atoms with Gasteiger partial charge in [-0.1, -0.05) is 30.3 Å². The van der Waals surface area contributed by atoms with Crippen molar-refractivity contribution in [3.63, 3.8) is 0 Å². The van der Waals surface area contributed by atoms with Crippen LogP contribution in [0.5, 0.6) is 0 Å². The van der Waals surface area contributed by atoms with E-state index in [1.807, 2.05) is 13.1 Å². The average Bonchev–Trinajstić information content (AvgIpc) is 3.47. The Kier molecular flexibility index (Phi) is 7.69. The second-order valence-corrected chi connectivity index (χ2v) is 10.0. The minimum atomic E-state index is -0.773. The van der Waals surface area contributed by atoms with Crippen LogP contribution in [-0.4, -0.2) is 75.6 Å². The lowest BCUT2D eigenvalue weighted by molar-refractivity contribution is 0.0303. The van der Waals surface area contributed by atoms with Crippen LogP contribution in [0.2, 0.25) is 0 Å². The first-order valence-corrected chi connectivity index (χ1v) is 13.0. The highest BCUT2D eigenvalue weighted by Crippen LogP contribution is 2.34. The van der Waals surface area contributed by atoms with Gasteiger partial charge in [0.2, 0.25) is 0 Å². The number of ether oxygens (including phenoxy) is 2. The number of likely N-dealkylation sites (tertiary alicyclic amines) is 1. The summed E-state index contributed by atoms with van der Waals surface area (Å²) in [6, 6.07) is 11.2. The number of carbonyl (C=O) groups is 1. The Morgan fingerprint density at radius 3 is 2.39 bits per heavy atom. The highest BCUT2D eigenvalue weighted by molar-refractivity contribution is 6.61. The van der Waals surface area contributed by atoms with Crippen molar-refractivity contribution in [2.45, 2.75) is 57.4 Å². The van der Waals surface area contributed by atoms with Gasteiger partial charge in [-0.2, -0.15) is 5.10 Å². The fourth-order valence-corrected chi connectivity index (χ4v) is 5.48. The van der Waals surface area contributed by atoms with Crippen LogP contribution < -0.4 is 4.90 Å². The highest BCUT2D eigenvalue weighted by atomic mass is 35.5. The summed E-state index contributed by atoms with van der Waals surface area (Å²) in [5.41, 5.74) is 1.60. The maximum absolute atomic E-state index is 9.36. The number of methoxy groups -OCH3 is 1. The van der Waals surface area contributed by atoms with Crippen molar-refractivity contribution in [3.05, 3.63) is 47.9 Å². The molecule has 6 rings (SSSR count). The van der Waals surface area contributed by atoms with Crippen LogP contribution in [0.4, 0.5) is 10.6 Å². The summed E-state index contributed by atoms with van der Waals surface area (Å²) in [5.74, 6) is 1.86. The summed E-state index contributed by atoms with van der Waals surface area (Å²) in [6.45, 7) is 7.04. The van der Waals surface area contributed by atoms with Gasteiger partial charge in [0.1, 0.15) is 11.6 Å². The SMILES string of the molecule is COC(=O)Cl.Cc1nc(N2CC3CCC(C2)O3)c2cnn(C3CCN(Cc4ccccc4)CC3)c2n1. The number of hydrogen-bond donors (Lipinski definition) is 0. The molecule has 2 aromatic heterocycles. The van der Waals surface area contributed by atoms with E-state index < -0.39 is 5.43 Å². The molecule has 3 saturated heterocycles. The van der Waals surface area contributed by atoms with E-state index >= 15 is 0 Å². The summed E-state index contributed by atoms with van der Waals surface area (Å²) in [7, 11) is 1.22. The van der Waals surface area contributed by atoms with E-state index in [0.717, 1.165) is 81.1 Å². The molecule has 5 heterocycles. The molecule has 1 aromatic carbocycles. The summed E-state index contributed by atoms with van der Waals surface area (Å²) in [5, 5.41) is 5.90. The Morgan fingerprint density at radius 1 is 1.08 bits per heavy atom. The third kappa shape index (κ3) is 5.63. The largest absolute Gasteiger partial charge is 0.457 e. The van der Waals surface area contributed by atoms with Gasteiger partial charge in [-0.3, -0.25) is 4.90 Å². The molecular weight excluding hydrogens is 480 g/mol. The number of anilines is 1. The Hall–Kier alpha value is -2.75. The molecule has 36 heavy (non-hydrogen) atoms. The summed E-state index contributed by atoms with van der Waals surface area (Å²) < 4.78 is 12.1. The number of hydrogen-bond acceptors (Lipinski definition) is 8. The lowest BCUT2D eigenvalue weighted by Crippen LogP contribution is -2.43. The minimum absolute atomic E-state index is 0.341. The number of halogens is 1. The van der Waals surface area contributed by atoms with Crippen LogP contribution in [0.15, 0.2) is 36.5 Å². The second-order valence-electron chi connectivity index (χ2n) is 9.72. The molecule has 192 valence electrons. The van der Waals surface area contributed by atoms with Crippen molar-refractivity contribution < 1.29 is 14.3 Å². The van der Waals surface area contributed by atoms with Gasteiger partial charge in [0.05, 0.1) is 36.9 Å². The Bertz CT molecular complexity index is 1170. The molecule has 10 heteroatoms. The van der Waals surface area contributed by atoms with Gasteiger partial charge in [-0.05, 0) is 38.2 Å². The van der Waals surface area contributed by atoms with Gasteiger partial charge >= 0.3 is 5.43 Å². The van der Waals surface area contributed by atoms with Gasteiger partial charge in [-0.15, -0.1) is 0 Å². The van der Waals surface area contributed by atoms with Crippen molar-refractivity contribution in [3.8, 4) is 0 Å². The molecule has 3 aromatic rings. The quantitative estimate of drug-likeness (QED) is 0.477. The average molecular weight is 513 g/mol. The van der Waals surface area contributed by atoms with E-state index in [4.69, 9.17) is 19.8 Å². The topological polar surface area (TPSA) is 85.6 Å². The molecular formula is C26H33ClN6O3. The maximum atomic E-state index is 9.36.